The normalized spacial score (nSPS) is 10.5. The average molecular weight is 403 g/mol. The summed E-state index contributed by atoms with van der Waals surface area (Å²) in [6.45, 7) is 5.68. The van der Waals surface area contributed by atoms with E-state index in [4.69, 9.17) is 0 Å². The third-order valence-electron chi connectivity index (χ3n) is 4.38. The van der Waals surface area contributed by atoms with E-state index in [1.807, 2.05) is 31.2 Å². The largest absolute Gasteiger partial charge is 0.322 e. The number of fused-ring (bicyclic) bond motifs is 1. The van der Waals surface area contributed by atoms with E-state index >= 15 is 0 Å². The van der Waals surface area contributed by atoms with Gasteiger partial charge in [-0.1, -0.05) is 25.1 Å². The number of carbonyl (C=O) groups excluding carboxylic acids is 1. The Balaban J connectivity index is 0.00000280. The first kappa shape index (κ1) is 21.4. The Morgan fingerprint density at radius 2 is 1.86 bits per heavy atom. The number of nitrogens with one attached hydrogen (secondary N) is 3. The Bertz CT molecular complexity index is 1100. The summed E-state index contributed by atoms with van der Waals surface area (Å²) in [4.78, 5) is 39.0. The second kappa shape index (κ2) is 9.34. The molecule has 148 valence electrons. The van der Waals surface area contributed by atoms with Crippen LogP contribution in [0.3, 0.4) is 0 Å². The molecule has 8 heteroatoms. The van der Waals surface area contributed by atoms with E-state index in [2.05, 4.69) is 15.6 Å². The van der Waals surface area contributed by atoms with Crippen molar-refractivity contribution in [2.45, 2.75) is 26.9 Å². The molecule has 0 spiro atoms. The lowest BCUT2D eigenvalue weighted by molar-refractivity contribution is 0.102. The van der Waals surface area contributed by atoms with E-state index < -0.39 is 11.1 Å². The molecule has 0 saturated carbocycles. The summed E-state index contributed by atoms with van der Waals surface area (Å²) in [5, 5.41) is 6.16. The zero-order chi connectivity index (χ0) is 19.4. The van der Waals surface area contributed by atoms with Crippen LogP contribution in [0.2, 0.25) is 0 Å². The van der Waals surface area contributed by atoms with Crippen molar-refractivity contribution in [3.8, 4) is 0 Å². The molecule has 2 aromatic carbocycles. The molecule has 0 saturated heterocycles. The van der Waals surface area contributed by atoms with Gasteiger partial charge < -0.3 is 20.2 Å². The van der Waals surface area contributed by atoms with Crippen LogP contribution in [0.25, 0.3) is 11.0 Å². The number of nitrogens with zero attached hydrogens (tertiary/aromatic N) is 1. The van der Waals surface area contributed by atoms with Gasteiger partial charge in [0.15, 0.2) is 0 Å². The van der Waals surface area contributed by atoms with Crippen LogP contribution in [0, 0.1) is 0 Å². The summed E-state index contributed by atoms with van der Waals surface area (Å²) in [5.41, 5.74) is 1.87. The summed E-state index contributed by atoms with van der Waals surface area (Å²) >= 11 is 0. The van der Waals surface area contributed by atoms with Gasteiger partial charge in [-0.15, -0.1) is 12.4 Å². The van der Waals surface area contributed by atoms with Gasteiger partial charge in [0.05, 0.1) is 11.0 Å². The second-order valence-corrected chi connectivity index (χ2v) is 6.13. The molecular formula is C20H23ClN4O3. The SMILES string of the molecule is CCNCc1ccccc1NC(=O)c1ccc2c(c1)[nH]c(=O)c(=O)n2CC.Cl. The number of para-hydroxylation sites is 1. The molecule has 3 rings (SSSR count). The monoisotopic (exact) mass is 402 g/mol. The van der Waals surface area contributed by atoms with Crippen LogP contribution in [0.15, 0.2) is 52.1 Å². The zero-order valence-electron chi connectivity index (χ0n) is 15.7. The van der Waals surface area contributed by atoms with Gasteiger partial charge in [-0.2, -0.15) is 0 Å². The van der Waals surface area contributed by atoms with Gasteiger partial charge >= 0.3 is 11.1 Å². The minimum atomic E-state index is -0.696. The van der Waals surface area contributed by atoms with Gasteiger partial charge in [-0.3, -0.25) is 14.4 Å². The van der Waals surface area contributed by atoms with Gasteiger partial charge in [0.25, 0.3) is 5.91 Å². The molecule has 0 aliphatic rings. The number of anilines is 1. The van der Waals surface area contributed by atoms with E-state index in [0.717, 1.165) is 17.8 Å². The fourth-order valence-corrected chi connectivity index (χ4v) is 2.99. The summed E-state index contributed by atoms with van der Waals surface area (Å²) in [7, 11) is 0. The number of carbonyl (C=O) groups is 1. The minimum absolute atomic E-state index is 0. The molecule has 1 heterocycles. The van der Waals surface area contributed by atoms with Crippen molar-refractivity contribution in [2.75, 3.05) is 11.9 Å². The Morgan fingerprint density at radius 3 is 2.57 bits per heavy atom. The molecule has 0 aliphatic heterocycles. The molecule has 3 N–H and O–H groups in total. The first-order chi connectivity index (χ1) is 13.0. The summed E-state index contributed by atoms with van der Waals surface area (Å²) < 4.78 is 1.39. The van der Waals surface area contributed by atoms with Crippen molar-refractivity contribution in [1.29, 1.82) is 0 Å². The lowest BCUT2D eigenvalue weighted by Crippen LogP contribution is -2.36. The van der Waals surface area contributed by atoms with Gasteiger partial charge in [0.1, 0.15) is 0 Å². The van der Waals surface area contributed by atoms with Gasteiger partial charge in [-0.25, -0.2) is 0 Å². The Kier molecular flexibility index (Phi) is 7.14. The fraction of sp³-hybridized carbons (Fsp3) is 0.250. The number of hydrogen-bond acceptors (Lipinski definition) is 4. The van der Waals surface area contributed by atoms with E-state index in [0.29, 0.717) is 29.7 Å². The number of aryl methyl sites for hydroxylation is 1. The fourth-order valence-electron chi connectivity index (χ4n) is 2.99. The summed E-state index contributed by atoms with van der Waals surface area (Å²) in [6, 6.07) is 12.5. The number of benzene rings is 2. The highest BCUT2D eigenvalue weighted by atomic mass is 35.5. The molecule has 1 amide bonds. The van der Waals surface area contributed by atoms with E-state index in [-0.39, 0.29) is 18.3 Å². The van der Waals surface area contributed by atoms with Crippen LogP contribution < -0.4 is 21.8 Å². The third kappa shape index (κ3) is 4.32. The number of H-pyrrole nitrogens is 1. The van der Waals surface area contributed by atoms with Gasteiger partial charge in [-0.05, 0) is 43.3 Å². The number of amides is 1. The van der Waals surface area contributed by atoms with Crippen molar-refractivity contribution in [1.82, 2.24) is 14.9 Å². The van der Waals surface area contributed by atoms with Gasteiger partial charge in [0.2, 0.25) is 0 Å². The van der Waals surface area contributed by atoms with E-state index in [1.54, 1.807) is 25.1 Å². The molecule has 28 heavy (non-hydrogen) atoms. The Hall–Kier alpha value is -2.90. The molecule has 0 bridgehead atoms. The summed E-state index contributed by atoms with van der Waals surface area (Å²) in [6.07, 6.45) is 0. The highest BCUT2D eigenvalue weighted by Crippen LogP contribution is 2.18. The van der Waals surface area contributed by atoms with Crippen molar-refractivity contribution in [3.05, 3.63) is 74.3 Å². The molecular weight excluding hydrogens is 380 g/mol. The molecule has 0 radical (unpaired) electrons. The maximum atomic E-state index is 12.7. The topological polar surface area (TPSA) is 96.0 Å². The van der Waals surface area contributed by atoms with Crippen LogP contribution >= 0.6 is 12.4 Å². The van der Waals surface area contributed by atoms with E-state index in [9.17, 15) is 14.4 Å². The lowest BCUT2D eigenvalue weighted by atomic mass is 10.1. The van der Waals surface area contributed by atoms with Crippen molar-refractivity contribution >= 4 is 35.0 Å². The van der Waals surface area contributed by atoms with Crippen molar-refractivity contribution in [2.24, 2.45) is 0 Å². The highest BCUT2D eigenvalue weighted by Gasteiger charge is 2.12. The molecule has 3 aromatic rings. The predicted molar refractivity (Wildman–Crippen MR) is 114 cm³/mol. The predicted octanol–water partition coefficient (Wildman–Crippen LogP) is 2.49. The molecule has 1 aromatic heterocycles. The quantitative estimate of drug-likeness (QED) is 0.552. The molecule has 7 nitrogen and oxygen atoms in total. The second-order valence-electron chi connectivity index (χ2n) is 6.13. The highest BCUT2D eigenvalue weighted by molar-refractivity contribution is 6.06. The van der Waals surface area contributed by atoms with Crippen LogP contribution in [0.1, 0.15) is 29.8 Å². The number of hydrogen-bond donors (Lipinski definition) is 3. The van der Waals surface area contributed by atoms with E-state index in [1.165, 1.54) is 4.57 Å². The van der Waals surface area contributed by atoms with Gasteiger partial charge in [0, 0.05) is 24.3 Å². The van der Waals surface area contributed by atoms with Crippen molar-refractivity contribution in [3.63, 3.8) is 0 Å². The number of rotatable bonds is 6. The van der Waals surface area contributed by atoms with Crippen LogP contribution in [0.4, 0.5) is 5.69 Å². The van der Waals surface area contributed by atoms with Crippen LogP contribution in [0.5, 0.6) is 0 Å². The zero-order valence-corrected chi connectivity index (χ0v) is 16.6. The molecule has 0 atom stereocenters. The lowest BCUT2D eigenvalue weighted by Gasteiger charge is -2.12. The minimum Gasteiger partial charge on any atom is -0.322 e. The number of halogens is 1. The standard InChI is InChI=1S/C20H22N4O3.ClH/c1-3-21-12-14-7-5-6-8-15(14)22-18(25)13-9-10-17-16(11-13)23-19(26)20(27)24(17)4-2;/h5-11,21H,3-4,12H2,1-2H3,(H,22,25)(H,23,26);1H. The molecule has 0 unspecified atom stereocenters. The smallest absolute Gasteiger partial charge is 0.316 e. The maximum Gasteiger partial charge on any atom is 0.316 e. The van der Waals surface area contributed by atoms with Crippen LogP contribution in [-0.4, -0.2) is 22.0 Å². The molecule has 0 fully saturated rings. The third-order valence-corrected chi connectivity index (χ3v) is 4.38. The Labute approximate surface area is 168 Å². The number of aromatic nitrogens is 2. The average Bonchev–Trinajstić information content (AvgIpc) is 2.68. The van der Waals surface area contributed by atoms with Crippen molar-refractivity contribution < 1.29 is 4.79 Å². The molecule has 0 aliphatic carbocycles. The first-order valence-electron chi connectivity index (χ1n) is 8.92. The number of aromatic amines is 1. The first-order valence-corrected chi connectivity index (χ1v) is 8.92. The summed E-state index contributed by atoms with van der Waals surface area (Å²) in [5.74, 6) is -0.282. The van der Waals surface area contributed by atoms with Crippen LogP contribution in [-0.2, 0) is 13.1 Å². The Morgan fingerprint density at radius 1 is 1.11 bits per heavy atom. The maximum absolute atomic E-state index is 12.7.